The Balaban J connectivity index is 1.88. The van der Waals surface area contributed by atoms with Crippen LogP contribution >= 0.6 is 11.3 Å². The molecule has 1 saturated heterocycles. The maximum Gasteiger partial charge on any atom is 0.262 e. The lowest BCUT2D eigenvalue weighted by molar-refractivity contribution is -0.135. The molecule has 0 bridgehead atoms. The van der Waals surface area contributed by atoms with E-state index in [1.54, 1.807) is 6.07 Å². The summed E-state index contributed by atoms with van der Waals surface area (Å²) in [7, 11) is 0. The Morgan fingerprint density at radius 2 is 1.81 bits per heavy atom. The smallest absolute Gasteiger partial charge is 0.262 e. The molecule has 0 aliphatic carbocycles. The summed E-state index contributed by atoms with van der Waals surface area (Å²) in [5.41, 5.74) is 0. The van der Waals surface area contributed by atoms with Crippen LogP contribution in [0.3, 0.4) is 0 Å². The van der Waals surface area contributed by atoms with Crippen LogP contribution in [-0.2, 0) is 9.59 Å². The van der Waals surface area contributed by atoms with Crippen LogP contribution in [0.5, 0.6) is 0 Å². The van der Waals surface area contributed by atoms with Gasteiger partial charge >= 0.3 is 0 Å². The SMILES string of the molecule is CC(C)C(=O)N1CCC(NC(=O)C(NC(=O)c2cccs2)C(C)C)CC1. The van der Waals surface area contributed by atoms with E-state index >= 15 is 0 Å². The molecule has 2 rings (SSSR count). The maximum atomic E-state index is 12.7. The third-order valence-electron chi connectivity index (χ3n) is 4.63. The van der Waals surface area contributed by atoms with E-state index in [0.717, 1.165) is 12.8 Å². The highest BCUT2D eigenvalue weighted by atomic mass is 32.1. The van der Waals surface area contributed by atoms with Crippen LogP contribution in [0.1, 0.15) is 50.2 Å². The molecule has 26 heavy (non-hydrogen) atoms. The minimum Gasteiger partial charge on any atom is -0.351 e. The average Bonchev–Trinajstić information content (AvgIpc) is 3.13. The third kappa shape index (κ3) is 5.30. The Morgan fingerprint density at radius 1 is 1.15 bits per heavy atom. The number of amides is 3. The number of likely N-dealkylation sites (tertiary alicyclic amines) is 1. The van der Waals surface area contributed by atoms with Crippen LogP contribution in [0.4, 0.5) is 0 Å². The van der Waals surface area contributed by atoms with E-state index in [4.69, 9.17) is 0 Å². The van der Waals surface area contributed by atoms with Gasteiger partial charge in [-0.15, -0.1) is 11.3 Å². The van der Waals surface area contributed by atoms with Crippen LogP contribution in [0.15, 0.2) is 17.5 Å². The Morgan fingerprint density at radius 3 is 2.31 bits per heavy atom. The number of hydrogen-bond donors (Lipinski definition) is 2. The first-order valence-corrected chi connectivity index (χ1v) is 10.1. The van der Waals surface area contributed by atoms with Crippen molar-refractivity contribution in [1.29, 1.82) is 0 Å². The van der Waals surface area contributed by atoms with Gasteiger partial charge in [-0.25, -0.2) is 0 Å². The Kier molecular flexibility index (Phi) is 7.20. The molecule has 1 aromatic heterocycles. The normalized spacial score (nSPS) is 16.6. The molecule has 2 N–H and O–H groups in total. The average molecular weight is 380 g/mol. The zero-order valence-electron chi connectivity index (χ0n) is 16.0. The first-order valence-electron chi connectivity index (χ1n) is 9.23. The molecule has 2 heterocycles. The minimum absolute atomic E-state index is 0.000994. The second-order valence-corrected chi connectivity index (χ2v) is 8.38. The topological polar surface area (TPSA) is 78.5 Å². The molecule has 1 unspecified atom stereocenters. The van der Waals surface area contributed by atoms with Crippen molar-refractivity contribution in [1.82, 2.24) is 15.5 Å². The van der Waals surface area contributed by atoms with E-state index in [9.17, 15) is 14.4 Å². The number of nitrogens with zero attached hydrogens (tertiary/aromatic N) is 1. The first-order chi connectivity index (χ1) is 12.3. The van der Waals surface area contributed by atoms with E-state index in [2.05, 4.69) is 10.6 Å². The van der Waals surface area contributed by atoms with Crippen LogP contribution < -0.4 is 10.6 Å². The number of piperidine rings is 1. The van der Waals surface area contributed by atoms with Crippen molar-refractivity contribution in [3.63, 3.8) is 0 Å². The molecule has 0 aromatic carbocycles. The number of nitrogens with one attached hydrogen (secondary N) is 2. The van der Waals surface area contributed by atoms with Crippen molar-refractivity contribution in [2.24, 2.45) is 11.8 Å². The van der Waals surface area contributed by atoms with Crippen molar-refractivity contribution in [3.8, 4) is 0 Å². The quantitative estimate of drug-likeness (QED) is 0.796. The lowest BCUT2D eigenvalue weighted by Crippen LogP contribution is -2.54. The first kappa shape index (κ1) is 20.4. The summed E-state index contributed by atoms with van der Waals surface area (Å²) in [6.45, 7) is 8.97. The molecule has 1 aliphatic heterocycles. The molecular weight excluding hydrogens is 350 g/mol. The molecule has 0 radical (unpaired) electrons. The lowest BCUT2D eigenvalue weighted by Gasteiger charge is -2.34. The second kappa shape index (κ2) is 9.16. The van der Waals surface area contributed by atoms with Crippen molar-refractivity contribution in [3.05, 3.63) is 22.4 Å². The number of carbonyl (C=O) groups excluding carboxylic acids is 3. The fourth-order valence-electron chi connectivity index (χ4n) is 3.06. The van der Waals surface area contributed by atoms with Crippen molar-refractivity contribution in [2.45, 2.75) is 52.6 Å². The van der Waals surface area contributed by atoms with Crippen molar-refractivity contribution >= 4 is 29.1 Å². The summed E-state index contributed by atoms with van der Waals surface area (Å²) in [4.78, 5) is 39.5. The Hall–Kier alpha value is -1.89. The van der Waals surface area contributed by atoms with Gasteiger partial charge in [0.15, 0.2) is 0 Å². The molecule has 1 aliphatic rings. The van der Waals surface area contributed by atoms with Crippen LogP contribution in [0.25, 0.3) is 0 Å². The van der Waals surface area contributed by atoms with Crippen molar-refractivity contribution < 1.29 is 14.4 Å². The minimum atomic E-state index is -0.570. The van der Waals surface area contributed by atoms with E-state index in [1.807, 2.05) is 44.0 Å². The second-order valence-electron chi connectivity index (χ2n) is 7.44. The number of carbonyl (C=O) groups is 3. The van der Waals surface area contributed by atoms with Gasteiger partial charge in [-0.1, -0.05) is 33.8 Å². The highest BCUT2D eigenvalue weighted by Crippen LogP contribution is 2.15. The largest absolute Gasteiger partial charge is 0.351 e. The zero-order chi connectivity index (χ0) is 19.3. The molecule has 144 valence electrons. The Bertz CT molecular complexity index is 620. The number of thiophene rings is 1. The van der Waals surface area contributed by atoms with Gasteiger partial charge in [-0.05, 0) is 30.2 Å². The maximum absolute atomic E-state index is 12.7. The molecule has 6 nitrogen and oxygen atoms in total. The summed E-state index contributed by atoms with van der Waals surface area (Å²) in [6, 6.07) is 3.03. The summed E-state index contributed by atoms with van der Waals surface area (Å²) >= 11 is 1.36. The monoisotopic (exact) mass is 379 g/mol. The van der Waals surface area contributed by atoms with E-state index in [1.165, 1.54) is 11.3 Å². The lowest BCUT2D eigenvalue weighted by atomic mass is 10.00. The van der Waals surface area contributed by atoms with Crippen LogP contribution in [0.2, 0.25) is 0 Å². The molecular formula is C19H29N3O3S. The standard InChI is InChI=1S/C19H29N3O3S/c1-12(2)16(21-17(23)15-6-5-11-26-15)18(24)20-14-7-9-22(10-8-14)19(25)13(3)4/h5-6,11-14,16H,7-10H2,1-4H3,(H,20,24)(H,21,23). The third-order valence-corrected chi connectivity index (χ3v) is 5.50. The highest BCUT2D eigenvalue weighted by molar-refractivity contribution is 7.12. The zero-order valence-corrected chi connectivity index (χ0v) is 16.8. The summed E-state index contributed by atoms with van der Waals surface area (Å²) < 4.78 is 0. The van der Waals surface area contributed by atoms with Gasteiger partial charge in [-0.3, -0.25) is 14.4 Å². The highest BCUT2D eigenvalue weighted by Gasteiger charge is 2.29. The van der Waals surface area contributed by atoms with Gasteiger partial charge in [0.2, 0.25) is 11.8 Å². The predicted molar refractivity (Wildman–Crippen MR) is 103 cm³/mol. The van der Waals surface area contributed by atoms with Crippen molar-refractivity contribution in [2.75, 3.05) is 13.1 Å². The predicted octanol–water partition coefficient (Wildman–Crippen LogP) is 2.27. The Labute approximate surface area is 159 Å². The summed E-state index contributed by atoms with van der Waals surface area (Å²) in [6.07, 6.45) is 1.49. The summed E-state index contributed by atoms with van der Waals surface area (Å²) in [5, 5.41) is 7.74. The molecule has 1 fully saturated rings. The van der Waals surface area contributed by atoms with Crippen LogP contribution in [0, 0.1) is 11.8 Å². The summed E-state index contributed by atoms with van der Waals surface area (Å²) in [5.74, 6) is -0.219. The molecule has 0 saturated carbocycles. The molecule has 1 atom stereocenters. The van der Waals surface area contributed by atoms with E-state index in [-0.39, 0.29) is 35.6 Å². The molecule has 3 amide bonds. The number of hydrogen-bond acceptors (Lipinski definition) is 4. The van der Waals surface area contributed by atoms with E-state index < -0.39 is 6.04 Å². The fourth-order valence-corrected chi connectivity index (χ4v) is 3.68. The molecule has 7 heteroatoms. The van der Waals surface area contributed by atoms with Crippen LogP contribution in [-0.4, -0.2) is 47.8 Å². The van der Waals surface area contributed by atoms with Gasteiger partial charge < -0.3 is 15.5 Å². The van der Waals surface area contributed by atoms with Gasteiger partial charge in [0.25, 0.3) is 5.91 Å². The van der Waals surface area contributed by atoms with Gasteiger partial charge in [0, 0.05) is 25.0 Å². The van der Waals surface area contributed by atoms with Gasteiger partial charge in [-0.2, -0.15) is 0 Å². The fraction of sp³-hybridized carbons (Fsp3) is 0.632. The molecule has 1 aromatic rings. The van der Waals surface area contributed by atoms with Gasteiger partial charge in [0.1, 0.15) is 6.04 Å². The van der Waals surface area contributed by atoms with Gasteiger partial charge in [0.05, 0.1) is 4.88 Å². The number of rotatable bonds is 6. The molecule has 0 spiro atoms. The van der Waals surface area contributed by atoms with E-state index in [0.29, 0.717) is 18.0 Å².